The summed E-state index contributed by atoms with van der Waals surface area (Å²) < 4.78 is 5.17. The van der Waals surface area contributed by atoms with Crippen molar-refractivity contribution in [2.75, 3.05) is 7.11 Å². The molecule has 1 heterocycles. The Morgan fingerprint density at radius 1 is 1.00 bits per heavy atom. The molecular formula is C17H16BrNOS. The quantitative estimate of drug-likeness (QED) is 0.653. The van der Waals surface area contributed by atoms with Crippen LogP contribution in [-0.2, 0) is 6.42 Å². The maximum absolute atomic E-state index is 5.17. The molecule has 3 rings (SSSR count). The standard InChI is InChI=1S/C17H15NOS.BrH/c1-19-15-9-7-13(8-10-15)11-17-18-16(12-20-17)14-5-3-2-4-6-14;/h2-10,12H,11H2,1H3;1H. The Balaban J connectivity index is 0.00000161. The molecule has 1 aromatic heterocycles. The molecule has 2 nitrogen and oxygen atoms in total. The molecule has 0 spiro atoms. The van der Waals surface area contributed by atoms with Crippen molar-refractivity contribution in [3.05, 3.63) is 70.5 Å². The largest absolute Gasteiger partial charge is 0.497 e. The molecule has 0 aliphatic rings. The summed E-state index contributed by atoms with van der Waals surface area (Å²) in [7, 11) is 1.68. The smallest absolute Gasteiger partial charge is 0.118 e. The molecule has 0 atom stereocenters. The van der Waals surface area contributed by atoms with Gasteiger partial charge in [0.1, 0.15) is 5.75 Å². The van der Waals surface area contributed by atoms with E-state index >= 15 is 0 Å². The number of hydrogen-bond acceptors (Lipinski definition) is 3. The van der Waals surface area contributed by atoms with Gasteiger partial charge in [-0.15, -0.1) is 28.3 Å². The number of rotatable bonds is 4. The van der Waals surface area contributed by atoms with Crippen LogP contribution in [0.4, 0.5) is 0 Å². The first-order valence-electron chi connectivity index (χ1n) is 6.48. The molecule has 0 radical (unpaired) electrons. The normalized spacial score (nSPS) is 9.95. The zero-order valence-corrected chi connectivity index (χ0v) is 14.2. The Labute approximate surface area is 139 Å². The number of methoxy groups -OCH3 is 1. The third-order valence-electron chi connectivity index (χ3n) is 3.14. The van der Waals surface area contributed by atoms with Gasteiger partial charge in [0, 0.05) is 17.4 Å². The maximum atomic E-state index is 5.17. The molecule has 0 N–H and O–H groups in total. The molecular weight excluding hydrogens is 346 g/mol. The zero-order chi connectivity index (χ0) is 13.8. The van der Waals surface area contributed by atoms with E-state index in [4.69, 9.17) is 9.72 Å². The van der Waals surface area contributed by atoms with Gasteiger partial charge in [0.15, 0.2) is 0 Å². The minimum Gasteiger partial charge on any atom is -0.497 e. The van der Waals surface area contributed by atoms with Crippen molar-refractivity contribution in [2.45, 2.75) is 6.42 Å². The molecule has 0 unspecified atom stereocenters. The van der Waals surface area contributed by atoms with Crippen molar-refractivity contribution in [2.24, 2.45) is 0 Å². The lowest BCUT2D eigenvalue weighted by molar-refractivity contribution is 0.414. The summed E-state index contributed by atoms with van der Waals surface area (Å²) in [5.74, 6) is 0.887. The van der Waals surface area contributed by atoms with Crippen molar-refractivity contribution in [3.63, 3.8) is 0 Å². The number of benzene rings is 2. The zero-order valence-electron chi connectivity index (χ0n) is 11.7. The first kappa shape index (κ1) is 15.7. The lowest BCUT2D eigenvalue weighted by atomic mass is 10.1. The summed E-state index contributed by atoms with van der Waals surface area (Å²) in [5, 5.41) is 3.25. The van der Waals surface area contributed by atoms with Crippen LogP contribution in [-0.4, -0.2) is 12.1 Å². The lowest BCUT2D eigenvalue weighted by Crippen LogP contribution is -1.88. The highest BCUT2D eigenvalue weighted by molar-refractivity contribution is 8.93. The molecule has 108 valence electrons. The molecule has 0 fully saturated rings. The van der Waals surface area contributed by atoms with Gasteiger partial charge in [0.05, 0.1) is 17.8 Å². The SMILES string of the molecule is Br.COc1ccc(Cc2nc(-c3ccccc3)cs2)cc1. The van der Waals surface area contributed by atoms with Crippen LogP contribution in [0, 0.1) is 0 Å². The molecule has 0 aliphatic heterocycles. The molecule has 0 aliphatic carbocycles. The minimum atomic E-state index is 0. The van der Waals surface area contributed by atoms with Gasteiger partial charge in [-0.05, 0) is 17.7 Å². The van der Waals surface area contributed by atoms with Crippen LogP contribution in [0.2, 0.25) is 0 Å². The monoisotopic (exact) mass is 361 g/mol. The van der Waals surface area contributed by atoms with Crippen molar-refractivity contribution in [3.8, 4) is 17.0 Å². The summed E-state index contributed by atoms with van der Waals surface area (Å²) >= 11 is 1.71. The number of ether oxygens (including phenoxy) is 1. The summed E-state index contributed by atoms with van der Waals surface area (Å²) in [6.07, 6.45) is 0.863. The molecule has 4 heteroatoms. The highest BCUT2D eigenvalue weighted by atomic mass is 79.9. The summed E-state index contributed by atoms with van der Waals surface area (Å²) in [4.78, 5) is 4.71. The van der Waals surface area contributed by atoms with Crippen molar-refractivity contribution >= 4 is 28.3 Å². The van der Waals surface area contributed by atoms with E-state index < -0.39 is 0 Å². The van der Waals surface area contributed by atoms with E-state index in [1.165, 1.54) is 11.1 Å². The average Bonchev–Trinajstić information content (AvgIpc) is 2.97. The fourth-order valence-corrected chi connectivity index (χ4v) is 2.89. The van der Waals surface area contributed by atoms with E-state index in [0.29, 0.717) is 0 Å². The molecule has 0 bridgehead atoms. The van der Waals surface area contributed by atoms with E-state index in [2.05, 4.69) is 29.6 Å². The third-order valence-corrected chi connectivity index (χ3v) is 3.98. The predicted molar refractivity (Wildman–Crippen MR) is 93.7 cm³/mol. The molecule has 21 heavy (non-hydrogen) atoms. The van der Waals surface area contributed by atoms with Crippen LogP contribution < -0.4 is 4.74 Å². The van der Waals surface area contributed by atoms with Crippen molar-refractivity contribution in [1.29, 1.82) is 0 Å². The average molecular weight is 362 g/mol. The van der Waals surface area contributed by atoms with Crippen LogP contribution in [0.15, 0.2) is 60.0 Å². The highest BCUT2D eigenvalue weighted by Gasteiger charge is 2.05. The first-order chi connectivity index (χ1) is 9.85. The van der Waals surface area contributed by atoms with E-state index in [9.17, 15) is 0 Å². The predicted octanol–water partition coefficient (Wildman–Crippen LogP) is 4.99. The second-order valence-electron chi connectivity index (χ2n) is 4.52. The van der Waals surface area contributed by atoms with Crippen molar-refractivity contribution in [1.82, 2.24) is 4.98 Å². The fraction of sp³-hybridized carbons (Fsp3) is 0.118. The lowest BCUT2D eigenvalue weighted by Gasteiger charge is -2.01. The number of halogens is 1. The van der Waals surface area contributed by atoms with Gasteiger partial charge >= 0.3 is 0 Å². The number of thiazole rings is 1. The van der Waals surface area contributed by atoms with Crippen LogP contribution in [0.25, 0.3) is 11.3 Å². The van der Waals surface area contributed by atoms with E-state index in [0.717, 1.165) is 22.9 Å². The van der Waals surface area contributed by atoms with Gasteiger partial charge in [-0.25, -0.2) is 4.98 Å². The number of nitrogens with zero attached hydrogens (tertiary/aromatic N) is 1. The number of hydrogen-bond donors (Lipinski definition) is 0. The van der Waals surface area contributed by atoms with Crippen LogP contribution in [0.5, 0.6) is 5.75 Å². The summed E-state index contributed by atoms with van der Waals surface area (Å²) in [6.45, 7) is 0. The van der Waals surface area contributed by atoms with Crippen LogP contribution >= 0.6 is 28.3 Å². The van der Waals surface area contributed by atoms with Gasteiger partial charge in [-0.2, -0.15) is 0 Å². The Hall–Kier alpha value is -1.65. The first-order valence-corrected chi connectivity index (χ1v) is 7.36. The van der Waals surface area contributed by atoms with E-state index in [1.54, 1.807) is 18.4 Å². The topological polar surface area (TPSA) is 22.1 Å². The van der Waals surface area contributed by atoms with Gasteiger partial charge in [-0.1, -0.05) is 42.5 Å². The van der Waals surface area contributed by atoms with Crippen LogP contribution in [0.3, 0.4) is 0 Å². The Kier molecular flexibility index (Phi) is 5.53. The van der Waals surface area contributed by atoms with Gasteiger partial charge in [0.2, 0.25) is 0 Å². The van der Waals surface area contributed by atoms with Crippen molar-refractivity contribution < 1.29 is 4.74 Å². The second-order valence-corrected chi connectivity index (χ2v) is 5.46. The molecule has 3 aromatic rings. The number of aromatic nitrogens is 1. The van der Waals surface area contributed by atoms with Crippen LogP contribution in [0.1, 0.15) is 10.6 Å². The molecule has 0 amide bonds. The maximum Gasteiger partial charge on any atom is 0.118 e. The van der Waals surface area contributed by atoms with Gasteiger partial charge in [0.25, 0.3) is 0 Å². The molecule has 0 saturated carbocycles. The molecule has 2 aromatic carbocycles. The Morgan fingerprint density at radius 3 is 2.38 bits per heavy atom. The second kappa shape index (κ2) is 7.38. The third kappa shape index (κ3) is 3.93. The fourth-order valence-electron chi connectivity index (χ4n) is 2.05. The minimum absolute atomic E-state index is 0. The highest BCUT2D eigenvalue weighted by Crippen LogP contribution is 2.23. The summed E-state index contributed by atoms with van der Waals surface area (Å²) in [5.41, 5.74) is 3.48. The van der Waals surface area contributed by atoms with Gasteiger partial charge in [-0.3, -0.25) is 0 Å². The van der Waals surface area contributed by atoms with E-state index in [-0.39, 0.29) is 17.0 Å². The van der Waals surface area contributed by atoms with Gasteiger partial charge < -0.3 is 4.74 Å². The Bertz CT molecular complexity index is 680. The van der Waals surface area contributed by atoms with E-state index in [1.807, 2.05) is 30.3 Å². The summed E-state index contributed by atoms with van der Waals surface area (Å²) in [6, 6.07) is 18.4. The molecule has 0 saturated heterocycles. The Morgan fingerprint density at radius 2 is 1.71 bits per heavy atom.